The van der Waals surface area contributed by atoms with Gasteiger partial charge in [-0.2, -0.15) is 5.10 Å². The first-order valence-corrected chi connectivity index (χ1v) is 7.10. The highest BCUT2D eigenvalue weighted by atomic mass is 15.3. The van der Waals surface area contributed by atoms with Crippen LogP contribution in [0.1, 0.15) is 50.8 Å². The molecule has 0 spiro atoms. The summed E-state index contributed by atoms with van der Waals surface area (Å²) in [5, 5.41) is 7.95. The molecule has 0 aliphatic rings. The van der Waals surface area contributed by atoms with E-state index in [0.29, 0.717) is 11.8 Å². The summed E-state index contributed by atoms with van der Waals surface area (Å²) in [5.74, 6) is 1.64. The molecule has 1 heterocycles. The Kier molecular flexibility index (Phi) is 4.02. The minimum atomic E-state index is 0.317. The van der Waals surface area contributed by atoms with E-state index in [1.54, 1.807) is 0 Å². The van der Waals surface area contributed by atoms with Crippen molar-refractivity contribution in [3.63, 3.8) is 0 Å². The minimum Gasteiger partial charge on any atom is -0.394 e. The van der Waals surface area contributed by atoms with Crippen LogP contribution in [-0.2, 0) is 7.05 Å². The van der Waals surface area contributed by atoms with E-state index in [9.17, 15) is 0 Å². The van der Waals surface area contributed by atoms with Gasteiger partial charge in [0.1, 0.15) is 0 Å². The molecule has 108 valence electrons. The van der Waals surface area contributed by atoms with Gasteiger partial charge in [0, 0.05) is 12.7 Å². The van der Waals surface area contributed by atoms with E-state index in [1.165, 1.54) is 5.56 Å². The molecule has 4 nitrogen and oxygen atoms in total. The fourth-order valence-corrected chi connectivity index (χ4v) is 2.38. The Balaban J connectivity index is 2.41. The van der Waals surface area contributed by atoms with E-state index in [1.807, 2.05) is 17.8 Å². The molecule has 0 amide bonds. The van der Waals surface area contributed by atoms with Crippen LogP contribution in [0.25, 0.3) is 0 Å². The Morgan fingerprint density at radius 2 is 1.75 bits per heavy atom. The van der Waals surface area contributed by atoms with E-state index in [4.69, 9.17) is 5.73 Å². The normalized spacial score (nSPS) is 11.3. The quantitative estimate of drug-likeness (QED) is 0.884. The van der Waals surface area contributed by atoms with Gasteiger partial charge in [0.15, 0.2) is 5.82 Å². The zero-order chi connectivity index (χ0) is 14.9. The standard InChI is InChI=1S/C16H24N4/c1-10(2)12-8-6-7-9-13(12)18-16-14(17)15(11(3)4)19-20(16)5/h6-11,18H,17H2,1-5H3. The number of benzene rings is 1. The van der Waals surface area contributed by atoms with Crippen molar-refractivity contribution in [1.29, 1.82) is 0 Å². The van der Waals surface area contributed by atoms with Crippen molar-refractivity contribution in [3.05, 3.63) is 35.5 Å². The Morgan fingerprint density at radius 3 is 2.30 bits per heavy atom. The van der Waals surface area contributed by atoms with Gasteiger partial charge in [0.2, 0.25) is 0 Å². The molecule has 0 atom stereocenters. The summed E-state index contributed by atoms with van der Waals surface area (Å²) in [6.07, 6.45) is 0. The van der Waals surface area contributed by atoms with Crippen LogP contribution in [0.2, 0.25) is 0 Å². The lowest BCUT2D eigenvalue weighted by Crippen LogP contribution is -2.04. The summed E-state index contributed by atoms with van der Waals surface area (Å²) in [6.45, 7) is 8.58. The summed E-state index contributed by atoms with van der Waals surface area (Å²) < 4.78 is 1.82. The molecule has 2 aromatic rings. The first kappa shape index (κ1) is 14.4. The Morgan fingerprint density at radius 1 is 1.10 bits per heavy atom. The number of nitrogens with one attached hydrogen (secondary N) is 1. The molecule has 4 heteroatoms. The Bertz CT molecular complexity index is 597. The SMILES string of the molecule is CC(C)c1ccccc1Nc1c(N)c(C(C)C)nn1C. The average molecular weight is 272 g/mol. The zero-order valence-corrected chi connectivity index (χ0v) is 12.9. The molecular weight excluding hydrogens is 248 g/mol. The highest BCUT2D eigenvalue weighted by molar-refractivity contribution is 5.73. The number of aryl methyl sites for hydroxylation is 1. The van der Waals surface area contributed by atoms with Crippen LogP contribution in [0.5, 0.6) is 0 Å². The Labute approximate surface area is 121 Å². The van der Waals surface area contributed by atoms with Crippen molar-refractivity contribution in [2.24, 2.45) is 7.05 Å². The van der Waals surface area contributed by atoms with Gasteiger partial charge in [-0.3, -0.25) is 4.68 Å². The molecule has 20 heavy (non-hydrogen) atoms. The van der Waals surface area contributed by atoms with E-state index in [-0.39, 0.29) is 0 Å². The van der Waals surface area contributed by atoms with Gasteiger partial charge in [-0.05, 0) is 23.5 Å². The fraction of sp³-hybridized carbons (Fsp3) is 0.438. The second-order valence-electron chi connectivity index (χ2n) is 5.79. The minimum absolute atomic E-state index is 0.317. The van der Waals surface area contributed by atoms with Crippen molar-refractivity contribution in [3.8, 4) is 0 Å². The summed E-state index contributed by atoms with van der Waals surface area (Å²) in [6, 6.07) is 8.32. The maximum Gasteiger partial charge on any atom is 0.152 e. The summed E-state index contributed by atoms with van der Waals surface area (Å²) in [7, 11) is 1.92. The van der Waals surface area contributed by atoms with Crippen LogP contribution < -0.4 is 11.1 Å². The molecule has 1 aromatic carbocycles. The number of nitrogens with two attached hydrogens (primary N) is 1. The third-order valence-electron chi connectivity index (χ3n) is 3.50. The lowest BCUT2D eigenvalue weighted by molar-refractivity contribution is 0.718. The van der Waals surface area contributed by atoms with Crippen LogP contribution in [0.15, 0.2) is 24.3 Å². The molecule has 1 aromatic heterocycles. The number of para-hydroxylation sites is 1. The number of hydrogen-bond donors (Lipinski definition) is 2. The summed E-state index contributed by atoms with van der Waals surface area (Å²) >= 11 is 0. The van der Waals surface area contributed by atoms with Gasteiger partial charge >= 0.3 is 0 Å². The number of anilines is 3. The molecule has 0 fully saturated rings. The van der Waals surface area contributed by atoms with Crippen LogP contribution in [-0.4, -0.2) is 9.78 Å². The topological polar surface area (TPSA) is 55.9 Å². The van der Waals surface area contributed by atoms with Crippen LogP contribution in [0, 0.1) is 0 Å². The molecule has 0 saturated carbocycles. The average Bonchev–Trinajstić information content (AvgIpc) is 2.67. The van der Waals surface area contributed by atoms with Gasteiger partial charge < -0.3 is 11.1 Å². The zero-order valence-electron chi connectivity index (χ0n) is 12.9. The largest absolute Gasteiger partial charge is 0.394 e. The maximum atomic E-state index is 6.23. The number of nitrogens with zero attached hydrogens (tertiary/aromatic N) is 2. The Hall–Kier alpha value is -1.97. The van der Waals surface area contributed by atoms with Gasteiger partial charge in [-0.1, -0.05) is 45.9 Å². The predicted octanol–water partition coefficient (Wildman–Crippen LogP) is 3.99. The molecule has 0 saturated heterocycles. The van der Waals surface area contributed by atoms with Crippen molar-refractivity contribution in [1.82, 2.24) is 9.78 Å². The second-order valence-corrected chi connectivity index (χ2v) is 5.79. The van der Waals surface area contributed by atoms with Crippen LogP contribution in [0.4, 0.5) is 17.2 Å². The molecule has 3 N–H and O–H groups in total. The first-order valence-electron chi connectivity index (χ1n) is 7.10. The van der Waals surface area contributed by atoms with E-state index in [2.05, 4.69) is 56.3 Å². The highest BCUT2D eigenvalue weighted by Crippen LogP contribution is 2.32. The molecule has 0 bridgehead atoms. The molecule has 2 rings (SSSR count). The van der Waals surface area contributed by atoms with Crippen molar-refractivity contribution < 1.29 is 0 Å². The molecule has 0 radical (unpaired) electrons. The van der Waals surface area contributed by atoms with Crippen molar-refractivity contribution >= 4 is 17.2 Å². The maximum absolute atomic E-state index is 6.23. The number of rotatable bonds is 4. The molecule has 0 aliphatic heterocycles. The van der Waals surface area contributed by atoms with Crippen molar-refractivity contribution in [2.75, 3.05) is 11.1 Å². The summed E-state index contributed by atoms with van der Waals surface area (Å²) in [5.41, 5.74) is 10.3. The predicted molar refractivity (Wildman–Crippen MR) is 85.5 cm³/mol. The number of nitrogen functional groups attached to an aromatic ring is 1. The second kappa shape index (κ2) is 5.57. The first-order chi connectivity index (χ1) is 9.41. The lowest BCUT2D eigenvalue weighted by atomic mass is 10.0. The summed E-state index contributed by atoms with van der Waals surface area (Å²) in [4.78, 5) is 0. The van der Waals surface area contributed by atoms with Gasteiger partial charge in [0.05, 0.1) is 11.4 Å². The molecular formula is C16H24N4. The van der Waals surface area contributed by atoms with Gasteiger partial charge in [0.25, 0.3) is 0 Å². The third-order valence-corrected chi connectivity index (χ3v) is 3.50. The lowest BCUT2D eigenvalue weighted by Gasteiger charge is -2.15. The molecule has 0 unspecified atom stereocenters. The van der Waals surface area contributed by atoms with Crippen LogP contribution in [0.3, 0.4) is 0 Å². The van der Waals surface area contributed by atoms with E-state index in [0.717, 1.165) is 22.9 Å². The smallest absolute Gasteiger partial charge is 0.152 e. The van der Waals surface area contributed by atoms with E-state index < -0.39 is 0 Å². The number of aromatic nitrogens is 2. The van der Waals surface area contributed by atoms with Crippen LogP contribution >= 0.6 is 0 Å². The number of hydrogen-bond acceptors (Lipinski definition) is 3. The third kappa shape index (κ3) is 2.64. The van der Waals surface area contributed by atoms with Crippen molar-refractivity contribution in [2.45, 2.75) is 39.5 Å². The van der Waals surface area contributed by atoms with Gasteiger partial charge in [-0.15, -0.1) is 0 Å². The fourth-order valence-electron chi connectivity index (χ4n) is 2.38. The van der Waals surface area contributed by atoms with E-state index >= 15 is 0 Å². The highest BCUT2D eigenvalue weighted by Gasteiger charge is 2.17. The van der Waals surface area contributed by atoms with Gasteiger partial charge in [-0.25, -0.2) is 0 Å². The monoisotopic (exact) mass is 272 g/mol. The molecule has 0 aliphatic carbocycles.